The largest absolute Gasteiger partial charge is 0.785 e. The highest BCUT2D eigenvalue weighted by molar-refractivity contribution is 6.37. The summed E-state index contributed by atoms with van der Waals surface area (Å²) in [5.41, 5.74) is 0. The Hall–Kier alpha value is -3.47. The first-order valence-corrected chi connectivity index (χ1v) is 9.19. The van der Waals surface area contributed by atoms with Crippen molar-refractivity contribution in [3.8, 4) is 11.5 Å². The highest BCUT2D eigenvalue weighted by atomic mass is 16.7. The molecule has 0 fully saturated rings. The minimum absolute atomic E-state index is 0. The number of para-hydroxylation sites is 1. The normalized spacial score (nSPS) is 10.3. The van der Waals surface area contributed by atoms with Crippen LogP contribution in [0.2, 0.25) is 0 Å². The number of benzene rings is 5. The number of hydrogen-bond donors (Lipinski definition) is 2. The molecule has 0 spiro atoms. The molecule has 148 valence electrons. The molecule has 0 saturated carbocycles. The standard InChI is InChI=1S/C24H17BO3.BH3.H3N/c26-25(27-21-10-2-1-3-11-21)28-23-12-6-9-17-13-14-20-15-18-7-4-5-8-19(18)16-22(20)24(17)23;;/h1-16,26H;2*1H3. The van der Waals surface area contributed by atoms with E-state index in [1.54, 1.807) is 12.1 Å². The molecule has 0 atom stereocenters. The van der Waals surface area contributed by atoms with Crippen LogP contribution in [-0.2, 0) is 0 Å². The van der Waals surface area contributed by atoms with Gasteiger partial charge in [-0.2, -0.15) is 0 Å². The van der Waals surface area contributed by atoms with Gasteiger partial charge in [0, 0.05) is 5.39 Å². The van der Waals surface area contributed by atoms with Gasteiger partial charge < -0.3 is 20.5 Å². The van der Waals surface area contributed by atoms with E-state index in [0.717, 1.165) is 21.5 Å². The van der Waals surface area contributed by atoms with Crippen LogP contribution in [0.15, 0.2) is 97.1 Å². The number of rotatable bonds is 4. The first kappa shape index (κ1) is 21.2. The van der Waals surface area contributed by atoms with E-state index in [1.165, 1.54) is 10.8 Å². The molecular formula is C24H23B2NO3. The number of fused-ring (bicyclic) bond motifs is 4. The van der Waals surface area contributed by atoms with Crippen molar-refractivity contribution < 1.29 is 14.3 Å². The highest BCUT2D eigenvalue weighted by Crippen LogP contribution is 2.35. The van der Waals surface area contributed by atoms with Crippen molar-refractivity contribution >= 4 is 48.1 Å². The van der Waals surface area contributed by atoms with Crippen LogP contribution < -0.4 is 15.5 Å². The Bertz CT molecular complexity index is 1300. The average Bonchev–Trinajstić information content (AvgIpc) is 2.73. The van der Waals surface area contributed by atoms with E-state index in [1.807, 2.05) is 48.5 Å². The maximum atomic E-state index is 10.3. The summed E-state index contributed by atoms with van der Waals surface area (Å²) in [6, 6.07) is 31.8. The third-order valence-electron chi connectivity index (χ3n) is 4.90. The molecule has 0 unspecified atom stereocenters. The Morgan fingerprint density at radius 1 is 0.600 bits per heavy atom. The summed E-state index contributed by atoms with van der Waals surface area (Å²) in [6.45, 7) is 0. The highest BCUT2D eigenvalue weighted by Gasteiger charge is 2.22. The second-order valence-electron chi connectivity index (χ2n) is 6.70. The molecule has 0 bridgehead atoms. The van der Waals surface area contributed by atoms with Gasteiger partial charge in [0.1, 0.15) is 11.5 Å². The number of hydrogen-bond acceptors (Lipinski definition) is 4. The summed E-state index contributed by atoms with van der Waals surface area (Å²) in [7, 11) is -1.40. The summed E-state index contributed by atoms with van der Waals surface area (Å²) in [6.07, 6.45) is 0. The zero-order valence-electron chi connectivity index (χ0n) is 15.8. The van der Waals surface area contributed by atoms with Crippen molar-refractivity contribution in [3.63, 3.8) is 0 Å². The SMILES string of the molecule is B.N.OB(Oc1ccccc1)Oc1cccc2ccc3cc4ccccc4cc3c12. The molecule has 0 amide bonds. The monoisotopic (exact) mass is 395 g/mol. The molecule has 0 aliphatic carbocycles. The molecule has 5 rings (SSSR count). The van der Waals surface area contributed by atoms with Gasteiger partial charge in [-0.05, 0) is 57.3 Å². The van der Waals surface area contributed by atoms with Crippen molar-refractivity contribution in [2.45, 2.75) is 0 Å². The fourth-order valence-electron chi connectivity index (χ4n) is 3.61. The molecule has 4 nitrogen and oxygen atoms in total. The van der Waals surface area contributed by atoms with E-state index in [0.29, 0.717) is 11.5 Å². The Morgan fingerprint density at radius 2 is 1.23 bits per heavy atom. The molecule has 30 heavy (non-hydrogen) atoms. The van der Waals surface area contributed by atoms with Crippen molar-refractivity contribution in [1.82, 2.24) is 6.15 Å². The van der Waals surface area contributed by atoms with Crippen LogP contribution in [0.5, 0.6) is 11.5 Å². The molecule has 4 N–H and O–H groups in total. The van der Waals surface area contributed by atoms with Crippen LogP contribution in [-0.4, -0.2) is 20.8 Å². The maximum absolute atomic E-state index is 10.3. The summed E-state index contributed by atoms with van der Waals surface area (Å²) >= 11 is 0. The second kappa shape index (κ2) is 8.91. The molecule has 6 heteroatoms. The van der Waals surface area contributed by atoms with E-state index < -0.39 is 7.32 Å². The van der Waals surface area contributed by atoms with Gasteiger partial charge in [-0.25, -0.2) is 0 Å². The molecule has 0 radical (unpaired) electrons. The van der Waals surface area contributed by atoms with Crippen molar-refractivity contribution in [3.05, 3.63) is 97.1 Å². The third-order valence-corrected chi connectivity index (χ3v) is 4.90. The Balaban J connectivity index is 0.00000128. The molecule has 0 aromatic heterocycles. The summed E-state index contributed by atoms with van der Waals surface area (Å²) in [5.74, 6) is 1.13. The van der Waals surface area contributed by atoms with E-state index in [4.69, 9.17) is 9.31 Å². The van der Waals surface area contributed by atoms with Crippen LogP contribution in [0, 0.1) is 0 Å². The maximum Gasteiger partial charge on any atom is 0.785 e. The minimum atomic E-state index is -1.40. The predicted octanol–water partition coefficient (Wildman–Crippen LogP) is 4.56. The van der Waals surface area contributed by atoms with Crippen LogP contribution in [0.3, 0.4) is 0 Å². The van der Waals surface area contributed by atoms with Crippen molar-refractivity contribution in [2.75, 3.05) is 0 Å². The van der Waals surface area contributed by atoms with Gasteiger partial charge in [-0.15, -0.1) is 0 Å². The molecule has 5 aromatic carbocycles. The van der Waals surface area contributed by atoms with Crippen LogP contribution in [0.25, 0.3) is 32.3 Å². The van der Waals surface area contributed by atoms with Gasteiger partial charge in [0.25, 0.3) is 0 Å². The molecule has 0 aliphatic heterocycles. The van der Waals surface area contributed by atoms with Gasteiger partial charge >= 0.3 is 7.32 Å². The molecule has 0 aliphatic rings. The predicted molar refractivity (Wildman–Crippen MR) is 130 cm³/mol. The molecule has 0 saturated heterocycles. The van der Waals surface area contributed by atoms with Gasteiger partial charge in [-0.1, -0.05) is 66.7 Å². The first-order valence-electron chi connectivity index (χ1n) is 9.19. The average molecular weight is 395 g/mol. The Kier molecular flexibility index (Phi) is 6.31. The quantitative estimate of drug-likeness (QED) is 0.266. The lowest BCUT2D eigenvalue weighted by Crippen LogP contribution is -2.29. The van der Waals surface area contributed by atoms with Crippen LogP contribution >= 0.6 is 0 Å². The smallest absolute Gasteiger partial charge is 0.501 e. The third kappa shape index (κ3) is 3.96. The Labute approximate surface area is 177 Å². The van der Waals surface area contributed by atoms with Crippen molar-refractivity contribution in [2.24, 2.45) is 0 Å². The van der Waals surface area contributed by atoms with Crippen LogP contribution in [0.1, 0.15) is 0 Å². The lowest BCUT2D eigenvalue weighted by Gasteiger charge is -2.14. The molecule has 0 heterocycles. The lowest BCUT2D eigenvalue weighted by atomic mass is 9.97. The summed E-state index contributed by atoms with van der Waals surface area (Å²) in [5, 5.41) is 16.9. The van der Waals surface area contributed by atoms with E-state index >= 15 is 0 Å². The summed E-state index contributed by atoms with van der Waals surface area (Å²) < 4.78 is 11.3. The van der Waals surface area contributed by atoms with E-state index in [9.17, 15) is 5.02 Å². The first-order chi connectivity index (χ1) is 13.8. The second-order valence-corrected chi connectivity index (χ2v) is 6.70. The van der Waals surface area contributed by atoms with Crippen LogP contribution in [0.4, 0.5) is 0 Å². The minimum Gasteiger partial charge on any atom is -0.501 e. The van der Waals surface area contributed by atoms with Gasteiger partial charge in [0.15, 0.2) is 0 Å². The fourth-order valence-corrected chi connectivity index (χ4v) is 3.61. The van der Waals surface area contributed by atoms with Gasteiger partial charge in [0.05, 0.1) is 8.41 Å². The van der Waals surface area contributed by atoms with Crippen molar-refractivity contribution in [1.29, 1.82) is 0 Å². The summed E-state index contributed by atoms with van der Waals surface area (Å²) in [4.78, 5) is 0. The van der Waals surface area contributed by atoms with E-state index in [2.05, 4.69) is 36.4 Å². The molecular weight excluding hydrogens is 372 g/mol. The zero-order valence-corrected chi connectivity index (χ0v) is 15.8. The zero-order chi connectivity index (χ0) is 18.9. The topological polar surface area (TPSA) is 73.7 Å². The van der Waals surface area contributed by atoms with Gasteiger partial charge in [-0.3, -0.25) is 0 Å². The van der Waals surface area contributed by atoms with E-state index in [-0.39, 0.29) is 14.6 Å². The Morgan fingerprint density at radius 3 is 2.00 bits per heavy atom. The van der Waals surface area contributed by atoms with Gasteiger partial charge in [0.2, 0.25) is 0 Å². The lowest BCUT2D eigenvalue weighted by molar-refractivity contribution is 0.299. The fraction of sp³-hybridized carbons (Fsp3) is 0. The molecule has 5 aromatic rings.